The first-order chi connectivity index (χ1) is 12.6. The summed E-state index contributed by atoms with van der Waals surface area (Å²) in [6.07, 6.45) is 1.74. The van der Waals surface area contributed by atoms with Crippen molar-refractivity contribution < 1.29 is 4.52 Å². The van der Waals surface area contributed by atoms with Gasteiger partial charge in [-0.05, 0) is 32.0 Å². The van der Waals surface area contributed by atoms with Gasteiger partial charge in [0.1, 0.15) is 17.5 Å². The lowest BCUT2D eigenvalue weighted by molar-refractivity contribution is 0.425. The number of fused-ring (bicyclic) bond motifs is 1. The van der Waals surface area contributed by atoms with E-state index < -0.39 is 0 Å². The molecule has 7 nitrogen and oxygen atoms in total. The molecular formula is C19H14N6O. The van der Waals surface area contributed by atoms with Crippen LogP contribution in [-0.4, -0.2) is 20.1 Å². The van der Waals surface area contributed by atoms with Gasteiger partial charge in [-0.3, -0.25) is 4.98 Å². The average molecular weight is 342 g/mol. The highest BCUT2D eigenvalue weighted by atomic mass is 16.5. The Morgan fingerprint density at radius 1 is 1.12 bits per heavy atom. The maximum Gasteiger partial charge on any atom is 0.190 e. The average Bonchev–Trinajstić information content (AvgIpc) is 3.00. The topological polar surface area (TPSA) is 115 Å². The zero-order valence-electron chi connectivity index (χ0n) is 14.2. The normalized spacial score (nSPS) is 10.8. The van der Waals surface area contributed by atoms with Crippen molar-refractivity contribution in [2.24, 2.45) is 0 Å². The van der Waals surface area contributed by atoms with E-state index >= 15 is 0 Å². The fourth-order valence-electron chi connectivity index (χ4n) is 2.75. The minimum absolute atomic E-state index is 0.0576. The van der Waals surface area contributed by atoms with Gasteiger partial charge in [0, 0.05) is 22.7 Å². The van der Waals surface area contributed by atoms with Crippen molar-refractivity contribution >= 4 is 16.7 Å². The first kappa shape index (κ1) is 15.7. The van der Waals surface area contributed by atoms with Gasteiger partial charge >= 0.3 is 0 Å². The molecule has 4 aromatic rings. The predicted molar refractivity (Wildman–Crippen MR) is 96.9 cm³/mol. The van der Waals surface area contributed by atoms with Crippen LogP contribution < -0.4 is 5.73 Å². The Bertz CT molecular complexity index is 1190. The molecule has 0 fully saturated rings. The molecule has 0 atom stereocenters. The summed E-state index contributed by atoms with van der Waals surface area (Å²) in [5.41, 5.74) is 10.2. The van der Waals surface area contributed by atoms with Crippen LogP contribution >= 0.6 is 0 Å². The van der Waals surface area contributed by atoms with Gasteiger partial charge in [-0.25, -0.2) is 9.97 Å². The lowest BCUT2D eigenvalue weighted by atomic mass is 10.0. The highest BCUT2D eigenvalue weighted by Crippen LogP contribution is 2.34. The zero-order valence-corrected chi connectivity index (χ0v) is 14.2. The van der Waals surface area contributed by atoms with Gasteiger partial charge in [-0.2, -0.15) is 5.26 Å². The molecule has 0 amide bonds. The number of aromatic nitrogens is 4. The summed E-state index contributed by atoms with van der Waals surface area (Å²) in [4.78, 5) is 13.2. The van der Waals surface area contributed by atoms with Crippen molar-refractivity contribution in [3.05, 3.63) is 53.5 Å². The summed E-state index contributed by atoms with van der Waals surface area (Å²) >= 11 is 0. The smallest absolute Gasteiger partial charge is 0.190 e. The van der Waals surface area contributed by atoms with Crippen LogP contribution in [0.25, 0.3) is 33.6 Å². The van der Waals surface area contributed by atoms with Crippen molar-refractivity contribution in [1.82, 2.24) is 20.1 Å². The van der Waals surface area contributed by atoms with E-state index in [1.54, 1.807) is 6.20 Å². The molecule has 0 saturated carbocycles. The second kappa shape index (κ2) is 5.93. The molecule has 0 aliphatic rings. The molecule has 4 rings (SSSR count). The van der Waals surface area contributed by atoms with E-state index in [4.69, 9.17) is 10.3 Å². The highest BCUT2D eigenvalue weighted by Gasteiger charge is 2.21. The molecule has 3 heterocycles. The number of nitrogen functional groups attached to an aromatic ring is 1. The molecule has 0 saturated heterocycles. The summed E-state index contributed by atoms with van der Waals surface area (Å²) in [5, 5.41) is 14.3. The van der Waals surface area contributed by atoms with E-state index in [1.165, 1.54) is 0 Å². The molecule has 0 spiro atoms. The van der Waals surface area contributed by atoms with Gasteiger partial charge in [0.05, 0.1) is 11.2 Å². The molecule has 0 unspecified atom stereocenters. The summed E-state index contributed by atoms with van der Waals surface area (Å²) in [5.74, 6) is 0.551. The number of nitrogens with zero attached hydrogens (tertiary/aromatic N) is 5. The third-order valence-corrected chi connectivity index (χ3v) is 4.28. The Balaban J connectivity index is 2.02. The van der Waals surface area contributed by atoms with Crippen LogP contribution in [0, 0.1) is 25.2 Å². The third-order valence-electron chi connectivity index (χ3n) is 4.28. The van der Waals surface area contributed by atoms with Gasteiger partial charge in [-0.15, -0.1) is 0 Å². The van der Waals surface area contributed by atoms with Crippen LogP contribution in [0.1, 0.15) is 17.0 Å². The van der Waals surface area contributed by atoms with E-state index in [9.17, 15) is 5.26 Å². The lowest BCUT2D eigenvalue weighted by Gasteiger charge is -2.09. The molecule has 2 N–H and O–H groups in total. The lowest BCUT2D eigenvalue weighted by Crippen LogP contribution is -2.03. The minimum atomic E-state index is 0.0576. The van der Waals surface area contributed by atoms with Crippen molar-refractivity contribution in [3.63, 3.8) is 0 Å². The van der Waals surface area contributed by atoms with Gasteiger partial charge in [0.15, 0.2) is 17.3 Å². The Morgan fingerprint density at radius 2 is 1.96 bits per heavy atom. The minimum Gasteiger partial charge on any atom is -0.381 e. The van der Waals surface area contributed by atoms with Crippen molar-refractivity contribution in [1.29, 1.82) is 5.26 Å². The fraction of sp³-hybridized carbons (Fsp3) is 0.105. The van der Waals surface area contributed by atoms with Crippen molar-refractivity contribution in [2.75, 3.05) is 5.73 Å². The molecule has 0 aliphatic heterocycles. The summed E-state index contributed by atoms with van der Waals surface area (Å²) < 4.78 is 5.46. The number of benzene rings is 1. The second-order valence-electron chi connectivity index (χ2n) is 5.90. The number of hydrogen-bond acceptors (Lipinski definition) is 7. The highest BCUT2D eigenvalue weighted by molar-refractivity contribution is 5.87. The summed E-state index contributed by atoms with van der Waals surface area (Å²) in [7, 11) is 0. The SMILES string of the molecule is Cc1noc(-c2nc(N)c(C#N)nc2-c2ccc3ncccc3c2)c1C. The number of anilines is 1. The Kier molecular flexibility index (Phi) is 3.59. The molecule has 0 bridgehead atoms. The van der Waals surface area contributed by atoms with E-state index in [0.29, 0.717) is 17.1 Å². The van der Waals surface area contributed by atoms with E-state index in [0.717, 1.165) is 27.7 Å². The van der Waals surface area contributed by atoms with Crippen LogP contribution in [0.2, 0.25) is 0 Å². The summed E-state index contributed by atoms with van der Waals surface area (Å²) in [6.45, 7) is 3.75. The van der Waals surface area contributed by atoms with E-state index in [2.05, 4.69) is 20.1 Å². The van der Waals surface area contributed by atoms with E-state index in [-0.39, 0.29) is 11.5 Å². The molecule has 0 aliphatic carbocycles. The monoisotopic (exact) mass is 342 g/mol. The molecule has 126 valence electrons. The van der Waals surface area contributed by atoms with Gasteiger partial charge in [0.25, 0.3) is 0 Å². The predicted octanol–water partition coefficient (Wildman–Crippen LogP) is 3.42. The number of aryl methyl sites for hydroxylation is 1. The molecule has 1 aromatic carbocycles. The quantitative estimate of drug-likeness (QED) is 0.593. The number of rotatable bonds is 2. The van der Waals surface area contributed by atoms with E-state index in [1.807, 2.05) is 50.2 Å². The number of nitriles is 1. The molecular weight excluding hydrogens is 328 g/mol. The van der Waals surface area contributed by atoms with Crippen LogP contribution in [0.3, 0.4) is 0 Å². The van der Waals surface area contributed by atoms with Gasteiger partial charge < -0.3 is 10.3 Å². The van der Waals surface area contributed by atoms with Crippen LogP contribution in [-0.2, 0) is 0 Å². The fourth-order valence-corrected chi connectivity index (χ4v) is 2.75. The summed E-state index contributed by atoms with van der Waals surface area (Å²) in [6, 6.07) is 11.6. The van der Waals surface area contributed by atoms with Crippen molar-refractivity contribution in [3.8, 4) is 28.8 Å². The van der Waals surface area contributed by atoms with Crippen LogP contribution in [0.5, 0.6) is 0 Å². The van der Waals surface area contributed by atoms with Gasteiger partial charge in [-0.1, -0.05) is 17.3 Å². The first-order valence-corrected chi connectivity index (χ1v) is 7.94. The number of nitrogens with two attached hydrogens (primary N) is 1. The zero-order chi connectivity index (χ0) is 18.3. The maximum atomic E-state index is 9.30. The molecule has 3 aromatic heterocycles. The number of hydrogen-bond donors (Lipinski definition) is 1. The maximum absolute atomic E-state index is 9.30. The molecule has 7 heteroatoms. The standard InChI is InChI=1S/C19H14N6O/c1-10-11(2)25-26-18(10)17-16(23-15(9-20)19(21)24-17)13-5-6-14-12(8-13)4-3-7-22-14/h3-8H,1-2H3,(H2,21,24). The third kappa shape index (κ3) is 2.45. The second-order valence-corrected chi connectivity index (χ2v) is 5.90. The Hall–Kier alpha value is -3.79. The Labute approximate surface area is 149 Å². The Morgan fingerprint density at radius 3 is 2.69 bits per heavy atom. The molecule has 26 heavy (non-hydrogen) atoms. The van der Waals surface area contributed by atoms with Crippen LogP contribution in [0.4, 0.5) is 5.82 Å². The first-order valence-electron chi connectivity index (χ1n) is 7.94. The van der Waals surface area contributed by atoms with Crippen LogP contribution in [0.15, 0.2) is 41.1 Å². The van der Waals surface area contributed by atoms with Crippen molar-refractivity contribution in [2.45, 2.75) is 13.8 Å². The largest absolute Gasteiger partial charge is 0.381 e. The number of pyridine rings is 1. The molecule has 0 radical (unpaired) electrons. The van der Waals surface area contributed by atoms with Gasteiger partial charge in [0.2, 0.25) is 0 Å².